The number of aromatic hydroxyl groups is 1. The van der Waals surface area contributed by atoms with E-state index in [4.69, 9.17) is 4.98 Å². The molecule has 56 heavy (non-hydrogen) atoms. The van der Waals surface area contributed by atoms with Crippen molar-refractivity contribution in [1.82, 2.24) is 9.55 Å². The number of fused-ring (bicyclic) bond motifs is 6. The Labute approximate surface area is 328 Å². The fraction of sp³-hybridized carbons (Fsp3) is 0. The summed E-state index contributed by atoms with van der Waals surface area (Å²) in [5.74, 6) is 1.23. The average molecular weight is 710 g/mol. The van der Waals surface area contributed by atoms with Crippen LogP contribution in [0.5, 0.6) is 5.75 Å². The first-order valence-electron chi connectivity index (χ1n) is 19.4. The maximum atomic E-state index is 11.1. The van der Waals surface area contributed by atoms with Crippen molar-refractivity contribution >= 4 is 96.6 Å². The zero-order valence-electron chi connectivity index (χ0n) is 31.8. The highest BCUT2D eigenvalue weighted by molar-refractivity contribution is 6.61. The first kappa shape index (κ1) is 32.7. The third-order valence-corrected chi connectivity index (χ3v) is 12.5. The summed E-state index contributed by atoms with van der Waals surface area (Å²) in [4.78, 5) is 5.35. The summed E-state index contributed by atoms with van der Waals surface area (Å²) in [5.41, 5.74) is 18.0. The highest BCUT2D eigenvalue weighted by Crippen LogP contribution is 2.52. The minimum atomic E-state index is 0.356. The highest BCUT2D eigenvalue weighted by atomic mass is 16.3. The molecule has 0 saturated heterocycles. The molecule has 7 heteroatoms. The number of rotatable bonds is 4. The molecule has 0 aliphatic heterocycles. The predicted molar refractivity (Wildman–Crippen MR) is 249 cm³/mol. The lowest BCUT2D eigenvalue weighted by atomic mass is 9.66. The van der Waals surface area contributed by atoms with E-state index in [1.807, 2.05) is 15.7 Å². The summed E-state index contributed by atoms with van der Waals surface area (Å²) >= 11 is 0. The van der Waals surface area contributed by atoms with Gasteiger partial charge in [0.1, 0.15) is 43.0 Å². The van der Waals surface area contributed by atoms with Crippen LogP contribution >= 0.6 is 0 Å². The number of hydrogen-bond donors (Lipinski definition) is 1. The van der Waals surface area contributed by atoms with Gasteiger partial charge in [0.05, 0.1) is 16.7 Å². The Bertz CT molecular complexity index is 3220. The molecule has 11 rings (SSSR count). The lowest BCUT2D eigenvalue weighted by Crippen LogP contribution is -2.42. The number of nitrogens with zero attached hydrogens (tertiary/aromatic N) is 2. The third-order valence-electron chi connectivity index (χ3n) is 12.5. The zero-order valence-corrected chi connectivity index (χ0v) is 31.8. The first-order chi connectivity index (χ1) is 27.4. The van der Waals surface area contributed by atoms with Crippen LogP contribution in [-0.2, 0) is 0 Å². The number of para-hydroxylation sites is 3. The van der Waals surface area contributed by atoms with Crippen LogP contribution in [0.25, 0.3) is 105 Å². The Morgan fingerprint density at radius 3 is 1.50 bits per heavy atom. The molecule has 3 nitrogen and oxygen atoms in total. The first-order valence-corrected chi connectivity index (χ1v) is 19.4. The molecule has 0 amide bonds. The van der Waals surface area contributed by atoms with Crippen LogP contribution in [0.3, 0.4) is 0 Å². The van der Waals surface area contributed by atoms with Crippen molar-refractivity contribution in [1.29, 1.82) is 0 Å². The molecule has 0 unspecified atom stereocenters. The van der Waals surface area contributed by atoms with Crippen LogP contribution in [0.15, 0.2) is 152 Å². The van der Waals surface area contributed by atoms with E-state index in [0.717, 1.165) is 55.5 Å². The standard InChI is InChI=1S/C49H34B4N2O/c50-44-43(45(51)47(53)48(56)46(44)52)49-54-37-21-8-10-23-39(37)55(49)38-22-9-7-18-36(38)42-31-16-5-3-14-29(31)41(30-15-4-6-17-32(30)42)35-25-24-34-27-13-2-1-12-26(27)28-19-11-20-33(35)40(28)34/h1-25,56H,50-53H2. The second-order valence-corrected chi connectivity index (χ2v) is 15.3. The van der Waals surface area contributed by atoms with E-state index in [2.05, 4.69) is 172 Å². The maximum Gasteiger partial charge on any atom is 0.144 e. The Morgan fingerprint density at radius 1 is 0.393 bits per heavy atom. The molecule has 10 aromatic rings. The van der Waals surface area contributed by atoms with Gasteiger partial charge in [0.15, 0.2) is 0 Å². The Hall–Kier alpha value is -6.71. The molecule has 258 valence electrons. The number of aromatic nitrogens is 2. The van der Waals surface area contributed by atoms with Crippen molar-refractivity contribution in [2.45, 2.75) is 0 Å². The van der Waals surface area contributed by atoms with Gasteiger partial charge in [-0.05, 0) is 89.5 Å². The molecule has 0 saturated carbocycles. The van der Waals surface area contributed by atoms with E-state index < -0.39 is 0 Å². The minimum absolute atomic E-state index is 0.356. The van der Waals surface area contributed by atoms with Crippen molar-refractivity contribution in [3.8, 4) is 67.3 Å². The fourth-order valence-corrected chi connectivity index (χ4v) is 9.68. The number of benzene rings is 9. The van der Waals surface area contributed by atoms with Crippen LogP contribution in [0, 0.1) is 0 Å². The molecule has 9 aromatic carbocycles. The highest BCUT2D eigenvalue weighted by Gasteiger charge is 2.27. The van der Waals surface area contributed by atoms with Crippen LogP contribution in [0.1, 0.15) is 0 Å². The summed E-state index contributed by atoms with van der Waals surface area (Å²) < 4.78 is 2.34. The minimum Gasteiger partial charge on any atom is -0.509 e. The largest absolute Gasteiger partial charge is 0.509 e. The van der Waals surface area contributed by atoms with Gasteiger partial charge in [-0.2, -0.15) is 0 Å². The number of imidazole rings is 1. The van der Waals surface area contributed by atoms with E-state index >= 15 is 0 Å². The number of hydrogen-bond acceptors (Lipinski definition) is 2. The van der Waals surface area contributed by atoms with Gasteiger partial charge in [-0.15, -0.1) is 0 Å². The van der Waals surface area contributed by atoms with Gasteiger partial charge < -0.3 is 5.11 Å². The van der Waals surface area contributed by atoms with Gasteiger partial charge in [-0.3, -0.25) is 4.57 Å². The van der Waals surface area contributed by atoms with Crippen molar-refractivity contribution in [3.05, 3.63) is 152 Å². The van der Waals surface area contributed by atoms with Crippen molar-refractivity contribution in [2.24, 2.45) is 0 Å². The van der Waals surface area contributed by atoms with Crippen molar-refractivity contribution in [3.63, 3.8) is 0 Å². The second-order valence-electron chi connectivity index (χ2n) is 15.3. The molecule has 1 heterocycles. The quantitative estimate of drug-likeness (QED) is 0.184. The van der Waals surface area contributed by atoms with Crippen molar-refractivity contribution < 1.29 is 5.11 Å². The van der Waals surface area contributed by atoms with Crippen LogP contribution in [-0.4, -0.2) is 46.0 Å². The SMILES string of the molecule is Bc1c(B)c(-c2nc3ccccc3n2-c2ccccc2-c2c3ccccc3c(-c3ccc4c5c(cccc35)-c3ccccc3-4)c3ccccc23)c(B)c(B)c1O. The summed E-state index contributed by atoms with van der Waals surface area (Å²) in [6, 6.07) is 55.4. The van der Waals surface area contributed by atoms with E-state index in [9.17, 15) is 5.11 Å². The van der Waals surface area contributed by atoms with E-state index in [1.54, 1.807) is 0 Å². The Morgan fingerprint density at radius 2 is 0.857 bits per heavy atom. The summed E-state index contributed by atoms with van der Waals surface area (Å²) in [5, 5.41) is 18.5. The van der Waals surface area contributed by atoms with Crippen molar-refractivity contribution in [2.75, 3.05) is 0 Å². The Balaban J connectivity index is 1.23. The topological polar surface area (TPSA) is 38.0 Å². The smallest absolute Gasteiger partial charge is 0.144 e. The van der Waals surface area contributed by atoms with Gasteiger partial charge in [0, 0.05) is 11.1 Å². The lowest BCUT2D eigenvalue weighted by molar-refractivity contribution is 0.484. The molecule has 0 atom stereocenters. The Kier molecular flexibility index (Phi) is 7.09. The molecule has 0 spiro atoms. The monoisotopic (exact) mass is 710 g/mol. The number of phenols is 1. The molecule has 1 aliphatic rings. The molecule has 0 fully saturated rings. The van der Waals surface area contributed by atoms with Gasteiger partial charge in [0.25, 0.3) is 0 Å². The van der Waals surface area contributed by atoms with Gasteiger partial charge in [-0.25, -0.2) is 4.98 Å². The summed E-state index contributed by atoms with van der Waals surface area (Å²) in [7, 11) is 8.21. The maximum absolute atomic E-state index is 11.1. The van der Waals surface area contributed by atoms with E-state index in [0.29, 0.717) is 5.75 Å². The molecule has 1 aromatic heterocycles. The van der Waals surface area contributed by atoms with Gasteiger partial charge >= 0.3 is 0 Å². The fourth-order valence-electron chi connectivity index (χ4n) is 9.68. The molecule has 0 radical (unpaired) electrons. The summed E-state index contributed by atoms with van der Waals surface area (Å²) in [6.45, 7) is 0. The molecule has 1 aliphatic carbocycles. The molecular formula is C49H34B4N2O. The average Bonchev–Trinajstić information content (AvgIpc) is 3.78. The molecule has 1 N–H and O–H groups in total. The molecule has 0 bridgehead atoms. The summed E-state index contributed by atoms with van der Waals surface area (Å²) in [6.07, 6.45) is 0. The lowest BCUT2D eigenvalue weighted by Gasteiger charge is -2.23. The zero-order chi connectivity index (χ0) is 37.8. The normalized spacial score (nSPS) is 11.9. The van der Waals surface area contributed by atoms with Crippen LogP contribution in [0.4, 0.5) is 0 Å². The molecular weight excluding hydrogens is 676 g/mol. The van der Waals surface area contributed by atoms with Crippen LogP contribution in [0.2, 0.25) is 0 Å². The third kappa shape index (κ3) is 4.43. The number of phenolic OH excluding ortho intramolecular Hbond substituents is 1. The second kappa shape index (κ2) is 12.1. The van der Waals surface area contributed by atoms with E-state index in [1.165, 1.54) is 71.3 Å². The predicted octanol–water partition coefficient (Wildman–Crippen LogP) is 5.87. The van der Waals surface area contributed by atoms with Gasteiger partial charge in [0.2, 0.25) is 0 Å². The van der Waals surface area contributed by atoms with Crippen LogP contribution < -0.4 is 21.9 Å². The van der Waals surface area contributed by atoms with E-state index in [-0.39, 0.29) is 0 Å². The van der Waals surface area contributed by atoms with Gasteiger partial charge in [-0.1, -0.05) is 155 Å².